The largest absolute Gasteiger partial charge is 0.443 e. The Kier molecular flexibility index (Phi) is 4.82. The molecule has 0 aromatic heterocycles. The van der Waals surface area contributed by atoms with Crippen LogP contribution >= 0.6 is 11.8 Å². The maximum absolute atomic E-state index is 10.3. The number of aryl methyl sites for hydroxylation is 1. The standard InChI is InChI=1S/C24H20N4O2S/c1-15-4-8-18(9-5-15)24-16(2)23(14-27,21(28)30-24)22(12-25,13-26)20(29-24)17-6-10-19(31-3)11-7-17/h4-11,16,20,28H,1-3H3. The average molecular weight is 429 g/mol. The van der Waals surface area contributed by atoms with Crippen LogP contribution in [-0.4, -0.2) is 12.2 Å². The normalized spacial score (nSPS) is 30.5. The third kappa shape index (κ3) is 2.50. The van der Waals surface area contributed by atoms with Crippen molar-refractivity contribution in [1.29, 1.82) is 21.2 Å². The quantitative estimate of drug-likeness (QED) is 0.701. The van der Waals surface area contributed by atoms with Gasteiger partial charge in [0.1, 0.15) is 6.10 Å². The molecule has 4 atom stereocenters. The van der Waals surface area contributed by atoms with Gasteiger partial charge in [-0.25, -0.2) is 0 Å². The fourth-order valence-electron chi connectivity index (χ4n) is 4.73. The zero-order valence-electron chi connectivity index (χ0n) is 17.3. The summed E-state index contributed by atoms with van der Waals surface area (Å²) >= 11 is 1.57. The Morgan fingerprint density at radius 3 is 2.10 bits per heavy atom. The van der Waals surface area contributed by atoms with Gasteiger partial charge in [0.25, 0.3) is 0 Å². The molecule has 0 saturated carbocycles. The molecule has 2 saturated heterocycles. The molecule has 6 nitrogen and oxygen atoms in total. The Bertz CT molecular complexity index is 1160. The third-order valence-electron chi connectivity index (χ3n) is 6.54. The molecule has 154 valence electrons. The highest BCUT2D eigenvalue weighted by atomic mass is 32.2. The molecule has 0 radical (unpaired) electrons. The van der Waals surface area contributed by atoms with Crippen molar-refractivity contribution in [2.24, 2.45) is 16.7 Å². The smallest absolute Gasteiger partial charge is 0.244 e. The minimum atomic E-state index is -1.95. The molecule has 0 amide bonds. The van der Waals surface area contributed by atoms with Gasteiger partial charge in [-0.2, -0.15) is 15.8 Å². The fraction of sp³-hybridized carbons (Fsp3) is 0.333. The Hall–Kier alpha value is -3.31. The van der Waals surface area contributed by atoms with Crippen LogP contribution < -0.4 is 0 Å². The van der Waals surface area contributed by atoms with Crippen LogP contribution in [0.3, 0.4) is 0 Å². The Balaban J connectivity index is 2.00. The van der Waals surface area contributed by atoms with E-state index >= 15 is 0 Å². The van der Waals surface area contributed by atoms with E-state index in [1.807, 2.05) is 49.6 Å². The summed E-state index contributed by atoms with van der Waals surface area (Å²) in [5.41, 5.74) is -1.48. The van der Waals surface area contributed by atoms with E-state index in [-0.39, 0.29) is 0 Å². The second-order valence-corrected chi connectivity index (χ2v) is 8.79. The maximum Gasteiger partial charge on any atom is 0.244 e. The number of hydrogen-bond acceptors (Lipinski definition) is 7. The Morgan fingerprint density at radius 2 is 1.58 bits per heavy atom. The van der Waals surface area contributed by atoms with Crippen LogP contribution in [0.15, 0.2) is 53.4 Å². The summed E-state index contributed by atoms with van der Waals surface area (Å²) in [6, 6.07) is 21.1. The van der Waals surface area contributed by atoms with Gasteiger partial charge in [0.15, 0.2) is 5.41 Å². The summed E-state index contributed by atoms with van der Waals surface area (Å²) in [7, 11) is 0. The zero-order valence-corrected chi connectivity index (χ0v) is 18.2. The van der Waals surface area contributed by atoms with Gasteiger partial charge in [-0.1, -0.05) is 48.9 Å². The van der Waals surface area contributed by atoms with Crippen molar-refractivity contribution < 1.29 is 9.47 Å². The third-order valence-corrected chi connectivity index (χ3v) is 7.28. The van der Waals surface area contributed by atoms with E-state index in [4.69, 9.17) is 14.9 Å². The van der Waals surface area contributed by atoms with E-state index in [2.05, 4.69) is 18.2 Å². The van der Waals surface area contributed by atoms with E-state index in [0.717, 1.165) is 10.5 Å². The first-order valence-corrected chi connectivity index (χ1v) is 11.0. The van der Waals surface area contributed by atoms with E-state index in [1.165, 1.54) is 0 Å². The molecule has 4 rings (SSSR count). The molecular weight excluding hydrogens is 408 g/mol. The number of nitrogens with zero attached hydrogens (tertiary/aromatic N) is 3. The summed E-state index contributed by atoms with van der Waals surface area (Å²) in [6.07, 6.45) is 0.869. The van der Waals surface area contributed by atoms with Crippen LogP contribution in [0.1, 0.15) is 29.7 Å². The number of thioether (sulfide) groups is 1. The van der Waals surface area contributed by atoms with Crippen molar-refractivity contribution >= 4 is 17.7 Å². The molecule has 1 N–H and O–H groups in total. The van der Waals surface area contributed by atoms with Crippen LogP contribution in [0.25, 0.3) is 0 Å². The van der Waals surface area contributed by atoms with E-state index in [1.54, 1.807) is 30.8 Å². The molecule has 2 bridgehead atoms. The number of nitriles is 3. The molecule has 31 heavy (non-hydrogen) atoms. The van der Waals surface area contributed by atoms with Gasteiger partial charge in [0.2, 0.25) is 17.1 Å². The summed E-state index contributed by atoms with van der Waals surface area (Å²) in [6.45, 7) is 3.66. The lowest BCUT2D eigenvalue weighted by atomic mass is 9.53. The molecular formula is C24H20N4O2S. The molecule has 2 aromatic carbocycles. The van der Waals surface area contributed by atoms with Crippen LogP contribution in [0, 0.1) is 63.1 Å². The monoisotopic (exact) mass is 428 g/mol. The Morgan fingerprint density at radius 1 is 0.968 bits per heavy atom. The highest BCUT2D eigenvalue weighted by Crippen LogP contribution is 2.68. The summed E-state index contributed by atoms with van der Waals surface area (Å²) in [5.74, 6) is -2.63. The van der Waals surface area contributed by atoms with E-state index < -0.39 is 34.5 Å². The van der Waals surface area contributed by atoms with Crippen LogP contribution in [-0.2, 0) is 15.3 Å². The first-order chi connectivity index (χ1) is 14.8. The number of rotatable bonds is 3. The number of hydrogen-bond donors (Lipinski definition) is 1. The molecule has 2 aromatic rings. The molecule has 0 spiro atoms. The van der Waals surface area contributed by atoms with Crippen molar-refractivity contribution in [1.82, 2.24) is 0 Å². The number of ether oxygens (including phenoxy) is 2. The average Bonchev–Trinajstić information content (AvgIpc) is 2.96. The van der Waals surface area contributed by atoms with Gasteiger partial charge >= 0.3 is 0 Å². The van der Waals surface area contributed by atoms with Gasteiger partial charge in [-0.15, -0.1) is 11.8 Å². The SMILES string of the molecule is CSc1ccc(C2OC3(c4ccc(C)cc4)OC(=N)C(C#N)(C3C)C2(C#N)C#N)cc1. The first-order valence-electron chi connectivity index (χ1n) is 9.76. The highest BCUT2D eigenvalue weighted by Gasteiger charge is 2.79. The molecule has 7 heteroatoms. The van der Waals surface area contributed by atoms with Gasteiger partial charge < -0.3 is 9.47 Å². The lowest BCUT2D eigenvalue weighted by Gasteiger charge is -2.48. The van der Waals surface area contributed by atoms with Crippen LogP contribution in [0.5, 0.6) is 0 Å². The van der Waals surface area contributed by atoms with Gasteiger partial charge in [0.05, 0.1) is 24.1 Å². The minimum absolute atomic E-state index is 0.408. The maximum atomic E-state index is 10.3. The lowest BCUT2D eigenvalue weighted by Crippen LogP contribution is -2.57. The fourth-order valence-corrected chi connectivity index (χ4v) is 5.14. The van der Waals surface area contributed by atoms with Crippen LogP contribution in [0.2, 0.25) is 0 Å². The van der Waals surface area contributed by atoms with Crippen LogP contribution in [0.4, 0.5) is 0 Å². The van der Waals surface area contributed by atoms with Crippen molar-refractivity contribution in [3.63, 3.8) is 0 Å². The summed E-state index contributed by atoms with van der Waals surface area (Å²) in [4.78, 5) is 1.02. The zero-order chi connectivity index (χ0) is 22.4. The summed E-state index contributed by atoms with van der Waals surface area (Å²) < 4.78 is 12.5. The first kappa shape index (κ1) is 20.9. The topological polar surface area (TPSA) is 114 Å². The van der Waals surface area contributed by atoms with Gasteiger partial charge in [-0.05, 0) is 30.9 Å². The Labute approximate surface area is 185 Å². The van der Waals surface area contributed by atoms with Crippen molar-refractivity contribution in [2.45, 2.75) is 30.6 Å². The molecule has 2 aliphatic heterocycles. The van der Waals surface area contributed by atoms with Gasteiger partial charge in [-0.3, -0.25) is 5.41 Å². The van der Waals surface area contributed by atoms with Crippen molar-refractivity contribution in [2.75, 3.05) is 6.26 Å². The molecule has 2 aliphatic rings. The molecule has 2 heterocycles. The predicted molar refractivity (Wildman–Crippen MR) is 115 cm³/mol. The molecule has 4 unspecified atom stereocenters. The minimum Gasteiger partial charge on any atom is -0.443 e. The van der Waals surface area contributed by atoms with Crippen molar-refractivity contribution in [3.8, 4) is 18.2 Å². The molecule has 0 aliphatic carbocycles. The van der Waals surface area contributed by atoms with Crippen molar-refractivity contribution in [3.05, 3.63) is 65.2 Å². The second kappa shape index (κ2) is 7.13. The highest BCUT2D eigenvalue weighted by molar-refractivity contribution is 7.98. The number of nitrogens with one attached hydrogen (secondary N) is 1. The van der Waals surface area contributed by atoms with E-state index in [0.29, 0.717) is 11.1 Å². The van der Waals surface area contributed by atoms with Gasteiger partial charge in [0, 0.05) is 10.5 Å². The second-order valence-electron chi connectivity index (χ2n) is 7.91. The number of benzene rings is 2. The lowest BCUT2D eigenvalue weighted by molar-refractivity contribution is -0.288. The summed E-state index contributed by atoms with van der Waals surface area (Å²) in [5, 5.41) is 39.5. The van der Waals surface area contributed by atoms with E-state index in [9.17, 15) is 15.8 Å². The number of fused-ring (bicyclic) bond motifs is 2. The molecule has 2 fully saturated rings. The predicted octanol–water partition coefficient (Wildman–Crippen LogP) is 4.83.